The molecule has 0 unspecified atom stereocenters. The number of hydrogen-bond donors (Lipinski definition) is 0. The van der Waals surface area contributed by atoms with Crippen LogP contribution >= 0.6 is 0 Å². The average Bonchev–Trinajstić information content (AvgIpc) is 1.35. The summed E-state index contributed by atoms with van der Waals surface area (Å²) in [7, 11) is 0. The first-order valence-electron chi connectivity index (χ1n) is 2.20. The van der Waals surface area contributed by atoms with E-state index in [2.05, 4.69) is 26.8 Å². The quantitative estimate of drug-likeness (QED) is 0.224. The normalized spacial score (nSPS) is 6.71. The molecule has 7 heavy (non-hydrogen) atoms. The molecule has 0 heterocycles. The van der Waals surface area contributed by atoms with Crippen LogP contribution in [0.4, 0.5) is 0 Å². The summed E-state index contributed by atoms with van der Waals surface area (Å²) in [4.78, 5) is 0. The van der Waals surface area contributed by atoms with Crippen LogP contribution in [0.2, 0.25) is 0 Å². The predicted octanol–water partition coefficient (Wildman–Crippen LogP) is -0.819. The Morgan fingerprint density at radius 1 is 1.57 bits per heavy atom. The molecule has 0 atom stereocenters. The van der Waals surface area contributed by atoms with E-state index in [1.54, 1.807) is 0 Å². The van der Waals surface area contributed by atoms with Crippen LogP contribution in [0.1, 0.15) is 20.3 Å². The largest absolute Gasteiger partial charge is 1.00 e. The van der Waals surface area contributed by atoms with Crippen LogP contribution in [-0.2, 0) is 0 Å². The Morgan fingerprint density at radius 3 is 2.00 bits per heavy atom. The Labute approximate surface area is 58.2 Å². The van der Waals surface area contributed by atoms with Crippen molar-refractivity contribution in [1.29, 1.82) is 0 Å². The molecule has 0 saturated carbocycles. The summed E-state index contributed by atoms with van der Waals surface area (Å²) < 4.78 is 0. The zero-order chi connectivity index (χ0) is 4.99. The van der Waals surface area contributed by atoms with Gasteiger partial charge in [-0.1, -0.05) is 5.57 Å². The molecule has 0 aliphatic heterocycles. The molecular formula is C6H11Li. The van der Waals surface area contributed by atoms with Crippen LogP contribution in [0.15, 0.2) is 11.6 Å². The molecule has 1 heteroatoms. The molecule has 0 radical (unpaired) electrons. The molecule has 0 spiro atoms. The fourth-order valence-electron chi connectivity index (χ4n) is 0.289. The summed E-state index contributed by atoms with van der Waals surface area (Å²) in [5, 5.41) is 0. The summed E-state index contributed by atoms with van der Waals surface area (Å²) in [6, 6.07) is 0. The molecule has 0 rings (SSSR count). The van der Waals surface area contributed by atoms with Crippen molar-refractivity contribution >= 4 is 0 Å². The van der Waals surface area contributed by atoms with E-state index in [0.29, 0.717) is 0 Å². The van der Waals surface area contributed by atoms with Gasteiger partial charge in [0.2, 0.25) is 0 Å². The zero-order valence-electron chi connectivity index (χ0n) is 5.49. The van der Waals surface area contributed by atoms with Crippen LogP contribution < -0.4 is 18.9 Å². The smallest absolute Gasteiger partial charge is 0.340 e. The van der Waals surface area contributed by atoms with Crippen molar-refractivity contribution in [2.24, 2.45) is 0 Å². The van der Waals surface area contributed by atoms with E-state index >= 15 is 0 Å². The Morgan fingerprint density at radius 2 is 2.00 bits per heavy atom. The van der Waals surface area contributed by atoms with Crippen LogP contribution in [-0.4, -0.2) is 0 Å². The molecule has 0 aromatic rings. The van der Waals surface area contributed by atoms with Crippen LogP contribution in [0.3, 0.4) is 0 Å². The topological polar surface area (TPSA) is 0 Å². The Hall–Kier alpha value is 0.337. The molecule has 36 valence electrons. The second kappa shape index (κ2) is 6.34. The molecule has 0 aliphatic carbocycles. The first-order valence-corrected chi connectivity index (χ1v) is 2.20. The Bertz CT molecular complexity index is 51.2. The Kier molecular flexibility index (Phi) is 9.37. The van der Waals surface area contributed by atoms with E-state index in [1.807, 2.05) is 0 Å². The summed E-state index contributed by atoms with van der Waals surface area (Å²) in [6.07, 6.45) is 3.02. The minimum atomic E-state index is 0. The van der Waals surface area contributed by atoms with E-state index in [4.69, 9.17) is 0 Å². The van der Waals surface area contributed by atoms with Gasteiger partial charge in [-0.2, -0.15) is 6.42 Å². The molecule has 0 N–H and O–H groups in total. The van der Waals surface area contributed by atoms with Crippen LogP contribution in [0.5, 0.6) is 0 Å². The van der Waals surface area contributed by atoms with E-state index in [-0.39, 0.29) is 18.9 Å². The predicted molar refractivity (Wildman–Crippen MR) is 29.4 cm³/mol. The number of rotatable bonds is 1. The third-order valence-electron chi connectivity index (χ3n) is 0.553. The molecule has 0 bridgehead atoms. The van der Waals surface area contributed by atoms with Crippen molar-refractivity contribution in [3.05, 3.63) is 18.6 Å². The summed E-state index contributed by atoms with van der Waals surface area (Å²) in [5.74, 6) is 0. The minimum Gasteiger partial charge on any atom is -0.340 e. The van der Waals surface area contributed by atoms with Gasteiger partial charge in [-0.05, 0) is 13.8 Å². The van der Waals surface area contributed by atoms with Gasteiger partial charge in [-0.15, -0.1) is 6.08 Å². The zero-order valence-corrected chi connectivity index (χ0v) is 5.49. The molecule has 0 nitrogen and oxygen atoms in total. The van der Waals surface area contributed by atoms with Gasteiger partial charge in [-0.25, -0.2) is 0 Å². The first-order chi connectivity index (χ1) is 2.77. The van der Waals surface area contributed by atoms with Crippen LogP contribution in [0.25, 0.3) is 0 Å². The first kappa shape index (κ1) is 10.3. The van der Waals surface area contributed by atoms with E-state index in [9.17, 15) is 0 Å². The summed E-state index contributed by atoms with van der Waals surface area (Å²) in [6.45, 7) is 7.80. The summed E-state index contributed by atoms with van der Waals surface area (Å²) >= 11 is 0. The van der Waals surface area contributed by atoms with Gasteiger partial charge in [0, 0.05) is 0 Å². The second-order valence-corrected chi connectivity index (χ2v) is 1.57. The van der Waals surface area contributed by atoms with Crippen molar-refractivity contribution in [2.45, 2.75) is 20.3 Å². The van der Waals surface area contributed by atoms with Gasteiger partial charge >= 0.3 is 18.9 Å². The number of allylic oxidation sites excluding steroid dienone is 2. The molecule has 0 aliphatic rings. The molecule has 0 saturated heterocycles. The third kappa shape index (κ3) is 10.7. The van der Waals surface area contributed by atoms with Crippen molar-refractivity contribution in [3.63, 3.8) is 0 Å². The standard InChI is InChI=1S/C6H11.Li/c1-4-5-6(2)3;/h5H,1,4H2,2-3H3;/q-1;+1. The van der Waals surface area contributed by atoms with Gasteiger partial charge in [0.1, 0.15) is 0 Å². The summed E-state index contributed by atoms with van der Waals surface area (Å²) in [5.41, 5.74) is 1.35. The number of hydrogen-bond acceptors (Lipinski definition) is 0. The Balaban J connectivity index is 0. The van der Waals surface area contributed by atoms with Gasteiger partial charge in [0.25, 0.3) is 0 Å². The fraction of sp³-hybridized carbons (Fsp3) is 0.500. The van der Waals surface area contributed by atoms with Crippen molar-refractivity contribution in [2.75, 3.05) is 0 Å². The maximum Gasteiger partial charge on any atom is 1.00 e. The van der Waals surface area contributed by atoms with E-state index in [0.717, 1.165) is 6.42 Å². The average molecular weight is 90.1 g/mol. The van der Waals surface area contributed by atoms with Crippen LogP contribution in [0, 0.1) is 6.92 Å². The molecule has 0 aromatic heterocycles. The minimum absolute atomic E-state index is 0. The fourth-order valence-corrected chi connectivity index (χ4v) is 0.289. The van der Waals surface area contributed by atoms with E-state index in [1.165, 1.54) is 5.57 Å². The molecule has 0 aromatic carbocycles. The van der Waals surface area contributed by atoms with Gasteiger partial charge in [0.15, 0.2) is 0 Å². The van der Waals surface area contributed by atoms with Gasteiger partial charge < -0.3 is 6.92 Å². The van der Waals surface area contributed by atoms with Crippen molar-refractivity contribution in [1.82, 2.24) is 0 Å². The second-order valence-electron chi connectivity index (χ2n) is 1.57. The molecular weight excluding hydrogens is 79.0 g/mol. The molecule has 0 fully saturated rings. The maximum absolute atomic E-state index is 3.65. The third-order valence-corrected chi connectivity index (χ3v) is 0.553. The monoisotopic (exact) mass is 90.1 g/mol. The SMILES string of the molecule is [CH2-]CC=C(C)C.[Li+]. The molecule has 0 amide bonds. The maximum atomic E-state index is 3.65. The van der Waals surface area contributed by atoms with E-state index < -0.39 is 0 Å². The van der Waals surface area contributed by atoms with Crippen molar-refractivity contribution < 1.29 is 18.9 Å². The van der Waals surface area contributed by atoms with Gasteiger partial charge in [0.05, 0.1) is 0 Å². The van der Waals surface area contributed by atoms with Gasteiger partial charge in [-0.3, -0.25) is 0 Å². The van der Waals surface area contributed by atoms with Crippen molar-refractivity contribution in [3.8, 4) is 0 Å².